The van der Waals surface area contributed by atoms with Crippen molar-refractivity contribution in [1.29, 1.82) is 0 Å². The summed E-state index contributed by atoms with van der Waals surface area (Å²) < 4.78 is 0. The Kier molecular flexibility index (Phi) is 6.12. The van der Waals surface area contributed by atoms with E-state index in [1.807, 2.05) is 55.5 Å². The summed E-state index contributed by atoms with van der Waals surface area (Å²) in [6.45, 7) is 3.03. The lowest BCUT2D eigenvalue weighted by molar-refractivity contribution is -0.122. The van der Waals surface area contributed by atoms with Crippen LogP contribution in [-0.4, -0.2) is 23.9 Å². The first-order valence-electron chi connectivity index (χ1n) is 9.46. The molecule has 5 nitrogen and oxygen atoms in total. The van der Waals surface area contributed by atoms with Crippen LogP contribution in [0.15, 0.2) is 48.5 Å². The molecule has 1 fully saturated rings. The van der Waals surface area contributed by atoms with Crippen molar-refractivity contribution in [2.24, 2.45) is 5.92 Å². The molecule has 0 aliphatic heterocycles. The molecule has 1 aliphatic carbocycles. The van der Waals surface area contributed by atoms with E-state index < -0.39 is 0 Å². The Labute approximate surface area is 160 Å². The average Bonchev–Trinajstić information content (AvgIpc) is 2.60. The first-order chi connectivity index (χ1) is 13.0. The third-order valence-corrected chi connectivity index (χ3v) is 5.13. The number of benzene rings is 2. The van der Waals surface area contributed by atoms with E-state index in [9.17, 15) is 9.59 Å². The third-order valence-electron chi connectivity index (χ3n) is 5.13. The maximum atomic E-state index is 12.4. The molecule has 1 aliphatic rings. The molecule has 2 aromatic carbocycles. The second-order valence-corrected chi connectivity index (χ2v) is 7.26. The Bertz CT molecular complexity index is 815. The summed E-state index contributed by atoms with van der Waals surface area (Å²) in [5, 5.41) is 5.91. The maximum Gasteiger partial charge on any atom is 0.317 e. The van der Waals surface area contributed by atoms with Gasteiger partial charge in [-0.2, -0.15) is 0 Å². The molecule has 0 bridgehead atoms. The summed E-state index contributed by atoms with van der Waals surface area (Å²) in [5.41, 5.74) is 4.05. The predicted molar refractivity (Wildman–Crippen MR) is 107 cm³/mol. The SMILES string of the molecule is Cc1ccccc1CN(C)C(=O)NCc1cccc(NC(=O)C2CCC2)c1. The summed E-state index contributed by atoms with van der Waals surface area (Å²) in [4.78, 5) is 26.1. The molecule has 0 aromatic heterocycles. The van der Waals surface area contributed by atoms with E-state index in [-0.39, 0.29) is 17.9 Å². The van der Waals surface area contributed by atoms with Crippen LogP contribution in [-0.2, 0) is 17.9 Å². The molecule has 0 atom stereocenters. The largest absolute Gasteiger partial charge is 0.334 e. The molecule has 0 unspecified atom stereocenters. The highest BCUT2D eigenvalue weighted by Crippen LogP contribution is 2.27. The van der Waals surface area contributed by atoms with Gasteiger partial charge in [-0.3, -0.25) is 4.79 Å². The van der Waals surface area contributed by atoms with Gasteiger partial charge in [0.25, 0.3) is 0 Å². The van der Waals surface area contributed by atoms with Gasteiger partial charge in [0.05, 0.1) is 0 Å². The number of amides is 3. The zero-order valence-electron chi connectivity index (χ0n) is 16.0. The fourth-order valence-electron chi connectivity index (χ4n) is 3.10. The van der Waals surface area contributed by atoms with Gasteiger partial charge in [-0.25, -0.2) is 4.79 Å². The fraction of sp³-hybridized carbons (Fsp3) is 0.364. The molecular weight excluding hydrogens is 338 g/mol. The molecular formula is C22H27N3O2. The van der Waals surface area contributed by atoms with Gasteiger partial charge in [0.15, 0.2) is 0 Å². The molecule has 0 spiro atoms. The molecule has 27 heavy (non-hydrogen) atoms. The zero-order valence-corrected chi connectivity index (χ0v) is 16.0. The number of nitrogens with one attached hydrogen (secondary N) is 2. The van der Waals surface area contributed by atoms with Crippen molar-refractivity contribution < 1.29 is 9.59 Å². The molecule has 0 saturated heterocycles. The minimum absolute atomic E-state index is 0.0976. The van der Waals surface area contributed by atoms with Crippen LogP contribution in [0.25, 0.3) is 0 Å². The van der Waals surface area contributed by atoms with E-state index >= 15 is 0 Å². The first kappa shape index (κ1) is 19.0. The molecule has 0 heterocycles. The van der Waals surface area contributed by atoms with Crippen LogP contribution in [0.1, 0.15) is 36.0 Å². The Hall–Kier alpha value is -2.82. The van der Waals surface area contributed by atoms with Crippen molar-refractivity contribution in [2.45, 2.75) is 39.3 Å². The maximum absolute atomic E-state index is 12.4. The lowest BCUT2D eigenvalue weighted by Gasteiger charge is -2.24. The van der Waals surface area contributed by atoms with Gasteiger partial charge in [0, 0.05) is 31.7 Å². The number of anilines is 1. The second kappa shape index (κ2) is 8.71. The van der Waals surface area contributed by atoms with Crippen LogP contribution in [0.4, 0.5) is 10.5 Å². The summed E-state index contributed by atoms with van der Waals surface area (Å²) in [6.07, 6.45) is 3.10. The van der Waals surface area contributed by atoms with E-state index in [2.05, 4.69) is 10.6 Å². The van der Waals surface area contributed by atoms with Crippen molar-refractivity contribution in [3.05, 3.63) is 65.2 Å². The van der Waals surface area contributed by atoms with Gasteiger partial charge in [-0.15, -0.1) is 0 Å². The van der Waals surface area contributed by atoms with Crippen LogP contribution in [0, 0.1) is 12.8 Å². The van der Waals surface area contributed by atoms with E-state index in [0.717, 1.165) is 36.1 Å². The van der Waals surface area contributed by atoms with Gasteiger partial charge in [-0.1, -0.05) is 42.8 Å². The predicted octanol–water partition coefficient (Wildman–Crippen LogP) is 4.08. The van der Waals surface area contributed by atoms with Gasteiger partial charge in [-0.05, 0) is 48.6 Å². The molecule has 1 saturated carbocycles. The fourth-order valence-corrected chi connectivity index (χ4v) is 3.10. The van der Waals surface area contributed by atoms with Crippen LogP contribution in [0.5, 0.6) is 0 Å². The third kappa shape index (κ3) is 5.09. The minimum Gasteiger partial charge on any atom is -0.334 e. The molecule has 2 aromatic rings. The number of hydrogen-bond acceptors (Lipinski definition) is 2. The van der Waals surface area contributed by atoms with Gasteiger partial charge < -0.3 is 15.5 Å². The molecule has 3 rings (SSSR count). The van der Waals surface area contributed by atoms with Crippen molar-refractivity contribution in [3.8, 4) is 0 Å². The lowest BCUT2D eigenvalue weighted by atomic mass is 9.85. The van der Waals surface area contributed by atoms with Crippen LogP contribution < -0.4 is 10.6 Å². The smallest absolute Gasteiger partial charge is 0.317 e. The topological polar surface area (TPSA) is 61.4 Å². The summed E-state index contributed by atoms with van der Waals surface area (Å²) >= 11 is 0. The Morgan fingerprint density at radius 1 is 1.11 bits per heavy atom. The normalized spacial score (nSPS) is 13.6. The molecule has 3 amide bonds. The van der Waals surface area contributed by atoms with Gasteiger partial charge >= 0.3 is 6.03 Å². The number of carbonyl (C=O) groups is 2. The van der Waals surface area contributed by atoms with E-state index in [1.165, 1.54) is 5.56 Å². The number of hydrogen-bond donors (Lipinski definition) is 2. The molecule has 0 radical (unpaired) electrons. The van der Waals surface area contributed by atoms with E-state index in [1.54, 1.807) is 11.9 Å². The monoisotopic (exact) mass is 365 g/mol. The molecule has 142 valence electrons. The van der Waals surface area contributed by atoms with Crippen molar-refractivity contribution in [2.75, 3.05) is 12.4 Å². The van der Waals surface area contributed by atoms with Gasteiger partial charge in [0.1, 0.15) is 0 Å². The highest BCUT2D eigenvalue weighted by atomic mass is 16.2. The van der Waals surface area contributed by atoms with E-state index in [4.69, 9.17) is 0 Å². The highest BCUT2D eigenvalue weighted by Gasteiger charge is 2.25. The van der Waals surface area contributed by atoms with Crippen molar-refractivity contribution in [3.63, 3.8) is 0 Å². The zero-order chi connectivity index (χ0) is 19.2. The average molecular weight is 365 g/mol. The van der Waals surface area contributed by atoms with Crippen LogP contribution >= 0.6 is 0 Å². The van der Waals surface area contributed by atoms with E-state index in [0.29, 0.717) is 13.1 Å². The second-order valence-electron chi connectivity index (χ2n) is 7.26. The summed E-state index contributed by atoms with van der Waals surface area (Å²) in [5.74, 6) is 0.254. The lowest BCUT2D eigenvalue weighted by Crippen LogP contribution is -2.36. The number of aryl methyl sites for hydroxylation is 1. The van der Waals surface area contributed by atoms with Crippen molar-refractivity contribution in [1.82, 2.24) is 10.2 Å². The highest BCUT2D eigenvalue weighted by molar-refractivity contribution is 5.93. The molecule has 2 N–H and O–H groups in total. The number of urea groups is 1. The van der Waals surface area contributed by atoms with Gasteiger partial charge in [0.2, 0.25) is 5.91 Å². The minimum atomic E-state index is -0.123. The first-order valence-corrected chi connectivity index (χ1v) is 9.46. The number of rotatable bonds is 6. The number of carbonyl (C=O) groups excluding carboxylic acids is 2. The van der Waals surface area contributed by atoms with Crippen LogP contribution in [0.3, 0.4) is 0 Å². The summed E-state index contributed by atoms with van der Waals surface area (Å²) in [7, 11) is 1.79. The standard InChI is InChI=1S/C22H27N3O2/c1-16-7-3-4-9-19(16)15-25(2)22(27)23-14-17-8-5-12-20(13-17)24-21(26)18-10-6-11-18/h3-5,7-9,12-13,18H,6,10-11,14-15H2,1-2H3,(H,23,27)(H,24,26). The van der Waals surface area contributed by atoms with Crippen LogP contribution in [0.2, 0.25) is 0 Å². The number of nitrogens with zero attached hydrogens (tertiary/aromatic N) is 1. The Balaban J connectivity index is 1.51. The Morgan fingerprint density at radius 3 is 2.59 bits per heavy atom. The summed E-state index contributed by atoms with van der Waals surface area (Å²) in [6, 6.07) is 15.6. The van der Waals surface area contributed by atoms with Crippen molar-refractivity contribution >= 4 is 17.6 Å². The Morgan fingerprint density at radius 2 is 1.89 bits per heavy atom. The molecule has 5 heteroatoms. The quantitative estimate of drug-likeness (QED) is 0.810.